The third kappa shape index (κ3) is 5.35. The summed E-state index contributed by atoms with van der Waals surface area (Å²) in [5, 5.41) is 0. The first-order valence-corrected chi connectivity index (χ1v) is 7.54. The standard InChI is InChI=1S/C16H28O4/c1-5-9-13-20-15(18)16(10-6-2,11-7-3)14(17)19-12-8-4/h8H,4-7,9-13H2,1-3H3. The molecule has 0 fully saturated rings. The highest BCUT2D eigenvalue weighted by Crippen LogP contribution is 2.33. The molecule has 0 spiro atoms. The molecule has 0 aliphatic carbocycles. The van der Waals surface area contributed by atoms with Crippen molar-refractivity contribution >= 4 is 11.9 Å². The highest BCUT2D eigenvalue weighted by molar-refractivity contribution is 6.00. The van der Waals surface area contributed by atoms with E-state index in [2.05, 4.69) is 6.58 Å². The topological polar surface area (TPSA) is 52.6 Å². The number of hydrogen-bond acceptors (Lipinski definition) is 4. The quantitative estimate of drug-likeness (QED) is 0.251. The smallest absolute Gasteiger partial charge is 0.323 e. The molecular formula is C16H28O4. The number of hydrogen-bond donors (Lipinski definition) is 0. The zero-order valence-electron chi connectivity index (χ0n) is 13.1. The lowest BCUT2D eigenvalue weighted by molar-refractivity contribution is -0.173. The van der Waals surface area contributed by atoms with Gasteiger partial charge in [0.25, 0.3) is 0 Å². The summed E-state index contributed by atoms with van der Waals surface area (Å²) in [6.07, 6.45) is 5.63. The van der Waals surface area contributed by atoms with Gasteiger partial charge in [-0.05, 0) is 19.3 Å². The Morgan fingerprint density at radius 3 is 2.00 bits per heavy atom. The minimum Gasteiger partial charge on any atom is -0.465 e. The molecule has 0 aromatic heterocycles. The molecule has 20 heavy (non-hydrogen) atoms. The molecule has 0 radical (unpaired) electrons. The number of carbonyl (C=O) groups excluding carboxylic acids is 2. The van der Waals surface area contributed by atoms with E-state index < -0.39 is 17.4 Å². The number of unbranched alkanes of at least 4 members (excludes halogenated alkanes) is 1. The van der Waals surface area contributed by atoms with Gasteiger partial charge < -0.3 is 9.47 Å². The summed E-state index contributed by atoms with van der Waals surface area (Å²) in [6.45, 7) is 9.92. The Hall–Kier alpha value is -1.32. The maximum atomic E-state index is 12.4. The van der Waals surface area contributed by atoms with E-state index in [0.717, 1.165) is 25.7 Å². The van der Waals surface area contributed by atoms with Gasteiger partial charge in [0, 0.05) is 0 Å². The van der Waals surface area contributed by atoms with Crippen molar-refractivity contribution in [2.45, 2.75) is 59.3 Å². The normalized spacial score (nSPS) is 10.9. The van der Waals surface area contributed by atoms with Crippen molar-refractivity contribution in [2.24, 2.45) is 5.41 Å². The number of ether oxygens (including phenoxy) is 2. The van der Waals surface area contributed by atoms with E-state index in [1.165, 1.54) is 6.08 Å². The van der Waals surface area contributed by atoms with Crippen LogP contribution < -0.4 is 0 Å². The van der Waals surface area contributed by atoms with Crippen LogP contribution in [-0.2, 0) is 19.1 Å². The zero-order valence-corrected chi connectivity index (χ0v) is 13.1. The Morgan fingerprint density at radius 1 is 1.00 bits per heavy atom. The molecule has 116 valence electrons. The van der Waals surface area contributed by atoms with E-state index in [9.17, 15) is 9.59 Å². The van der Waals surface area contributed by atoms with E-state index >= 15 is 0 Å². The molecule has 0 N–H and O–H groups in total. The Bertz CT molecular complexity index is 304. The molecule has 4 nitrogen and oxygen atoms in total. The molecule has 0 saturated carbocycles. The van der Waals surface area contributed by atoms with Crippen LogP contribution in [0.15, 0.2) is 12.7 Å². The second kappa shape index (κ2) is 10.5. The van der Waals surface area contributed by atoms with Gasteiger partial charge in [-0.15, -0.1) is 0 Å². The first-order valence-electron chi connectivity index (χ1n) is 7.54. The average molecular weight is 284 g/mol. The maximum absolute atomic E-state index is 12.4. The summed E-state index contributed by atoms with van der Waals surface area (Å²) >= 11 is 0. The van der Waals surface area contributed by atoms with Gasteiger partial charge in [0.2, 0.25) is 0 Å². The molecule has 0 aliphatic rings. The van der Waals surface area contributed by atoms with E-state index in [4.69, 9.17) is 9.47 Å². The van der Waals surface area contributed by atoms with Crippen LogP contribution in [0, 0.1) is 5.41 Å². The predicted octanol–water partition coefficient (Wildman–Crippen LogP) is 3.65. The van der Waals surface area contributed by atoms with Crippen LogP contribution in [0.2, 0.25) is 0 Å². The number of carbonyl (C=O) groups is 2. The summed E-state index contributed by atoms with van der Waals surface area (Å²) in [5.74, 6) is -0.925. The largest absolute Gasteiger partial charge is 0.465 e. The molecule has 0 amide bonds. The fourth-order valence-corrected chi connectivity index (χ4v) is 2.19. The minimum absolute atomic E-state index is 0.121. The Labute approximate surface area is 122 Å². The van der Waals surface area contributed by atoms with Crippen LogP contribution in [-0.4, -0.2) is 25.2 Å². The first kappa shape index (κ1) is 18.7. The fourth-order valence-electron chi connectivity index (χ4n) is 2.19. The van der Waals surface area contributed by atoms with Crippen molar-refractivity contribution in [3.63, 3.8) is 0 Å². The molecule has 4 heteroatoms. The van der Waals surface area contributed by atoms with Crippen molar-refractivity contribution in [2.75, 3.05) is 13.2 Å². The lowest BCUT2D eigenvalue weighted by atomic mass is 9.79. The van der Waals surface area contributed by atoms with E-state index in [1.54, 1.807) is 0 Å². The van der Waals surface area contributed by atoms with Gasteiger partial charge in [0.1, 0.15) is 6.61 Å². The maximum Gasteiger partial charge on any atom is 0.323 e. The first-order chi connectivity index (χ1) is 9.58. The predicted molar refractivity (Wildman–Crippen MR) is 79.3 cm³/mol. The zero-order chi connectivity index (χ0) is 15.4. The monoisotopic (exact) mass is 284 g/mol. The lowest BCUT2D eigenvalue weighted by Gasteiger charge is -2.28. The van der Waals surface area contributed by atoms with Crippen LogP contribution in [0.1, 0.15) is 59.3 Å². The minimum atomic E-state index is -1.15. The van der Waals surface area contributed by atoms with Crippen molar-refractivity contribution in [3.05, 3.63) is 12.7 Å². The third-order valence-electron chi connectivity index (χ3n) is 3.20. The van der Waals surface area contributed by atoms with Crippen LogP contribution in [0.5, 0.6) is 0 Å². The van der Waals surface area contributed by atoms with Crippen LogP contribution in [0.25, 0.3) is 0 Å². The molecular weight excluding hydrogens is 256 g/mol. The van der Waals surface area contributed by atoms with Crippen molar-refractivity contribution in [1.82, 2.24) is 0 Å². The molecule has 0 aromatic rings. The Kier molecular flexibility index (Phi) is 9.77. The van der Waals surface area contributed by atoms with Gasteiger partial charge in [-0.2, -0.15) is 0 Å². The number of rotatable bonds is 11. The van der Waals surface area contributed by atoms with E-state index in [0.29, 0.717) is 19.4 Å². The molecule has 0 aliphatic heterocycles. The number of esters is 2. The molecule has 0 atom stereocenters. The second-order valence-electron chi connectivity index (χ2n) is 4.96. The second-order valence-corrected chi connectivity index (χ2v) is 4.96. The van der Waals surface area contributed by atoms with E-state index in [-0.39, 0.29) is 6.61 Å². The van der Waals surface area contributed by atoms with Crippen LogP contribution in [0.4, 0.5) is 0 Å². The molecule has 0 unspecified atom stereocenters. The molecule has 0 heterocycles. The van der Waals surface area contributed by atoms with Gasteiger partial charge in [0.05, 0.1) is 6.61 Å². The van der Waals surface area contributed by atoms with Crippen LogP contribution >= 0.6 is 0 Å². The Morgan fingerprint density at radius 2 is 1.55 bits per heavy atom. The van der Waals surface area contributed by atoms with E-state index in [1.807, 2.05) is 20.8 Å². The van der Waals surface area contributed by atoms with Gasteiger partial charge in [0.15, 0.2) is 5.41 Å². The highest BCUT2D eigenvalue weighted by Gasteiger charge is 2.47. The van der Waals surface area contributed by atoms with Crippen molar-refractivity contribution < 1.29 is 19.1 Å². The molecule has 0 saturated heterocycles. The summed E-state index contributed by atoms with van der Waals surface area (Å²) in [4.78, 5) is 24.7. The molecule has 0 rings (SSSR count). The van der Waals surface area contributed by atoms with Gasteiger partial charge in [-0.1, -0.05) is 52.7 Å². The lowest BCUT2D eigenvalue weighted by Crippen LogP contribution is -2.42. The summed E-state index contributed by atoms with van der Waals surface area (Å²) in [7, 11) is 0. The van der Waals surface area contributed by atoms with Gasteiger partial charge in [-0.25, -0.2) is 0 Å². The highest BCUT2D eigenvalue weighted by atomic mass is 16.6. The summed E-state index contributed by atoms with van der Waals surface area (Å²) in [5.41, 5.74) is -1.15. The van der Waals surface area contributed by atoms with Gasteiger partial charge in [-0.3, -0.25) is 9.59 Å². The summed E-state index contributed by atoms with van der Waals surface area (Å²) < 4.78 is 10.4. The SMILES string of the molecule is C=CCOC(=O)C(CCC)(CCC)C(=O)OCCCC. The van der Waals surface area contributed by atoms with Crippen LogP contribution in [0.3, 0.4) is 0 Å². The molecule has 0 aromatic carbocycles. The fraction of sp³-hybridized carbons (Fsp3) is 0.750. The summed E-state index contributed by atoms with van der Waals surface area (Å²) in [6, 6.07) is 0. The molecule has 0 bridgehead atoms. The van der Waals surface area contributed by atoms with Crippen molar-refractivity contribution in [1.29, 1.82) is 0 Å². The van der Waals surface area contributed by atoms with Crippen molar-refractivity contribution in [3.8, 4) is 0 Å². The average Bonchev–Trinajstić information content (AvgIpc) is 2.44. The third-order valence-corrected chi connectivity index (χ3v) is 3.20. The Balaban J connectivity index is 5.02. The van der Waals surface area contributed by atoms with Gasteiger partial charge >= 0.3 is 11.9 Å².